The molecule has 0 aromatic carbocycles. The Morgan fingerprint density at radius 1 is 1.35 bits per heavy atom. The molecule has 0 spiro atoms. The van der Waals surface area contributed by atoms with Gasteiger partial charge in [0.1, 0.15) is 0 Å². The second-order valence-electron chi connectivity index (χ2n) is 6.11. The van der Waals surface area contributed by atoms with Gasteiger partial charge in [0.2, 0.25) is 0 Å². The summed E-state index contributed by atoms with van der Waals surface area (Å²) in [6.07, 6.45) is 5.59. The molecule has 0 radical (unpaired) electrons. The van der Waals surface area contributed by atoms with Crippen LogP contribution in [0.3, 0.4) is 0 Å². The predicted octanol–water partition coefficient (Wildman–Crippen LogP) is 4.19. The highest BCUT2D eigenvalue weighted by Crippen LogP contribution is 2.28. The number of hydrogen-bond acceptors (Lipinski definition) is 2. The van der Waals surface area contributed by atoms with E-state index in [9.17, 15) is 0 Å². The molecule has 96 valence electrons. The minimum atomic E-state index is 0.269. The standard InChI is InChI=1S/C15H25NS/c1-12-7-4-5-8-13(12)16-11-15(2,3)14-9-6-10-17-14/h6,9-10,12-13,16H,4-5,7-8,11H2,1-3H3. The van der Waals surface area contributed by atoms with E-state index in [-0.39, 0.29) is 5.41 Å². The van der Waals surface area contributed by atoms with Gasteiger partial charge in [-0.05, 0) is 30.2 Å². The molecule has 1 aliphatic rings. The normalized spacial score (nSPS) is 26.1. The third-order valence-electron chi connectivity index (χ3n) is 4.11. The molecule has 1 saturated carbocycles. The molecule has 2 unspecified atom stereocenters. The molecule has 0 bridgehead atoms. The Bertz CT molecular complexity index is 329. The van der Waals surface area contributed by atoms with Crippen LogP contribution in [0, 0.1) is 5.92 Å². The number of nitrogens with one attached hydrogen (secondary N) is 1. The van der Waals surface area contributed by atoms with Crippen LogP contribution in [0.4, 0.5) is 0 Å². The van der Waals surface area contributed by atoms with E-state index in [0.29, 0.717) is 0 Å². The Balaban J connectivity index is 1.88. The van der Waals surface area contributed by atoms with Crippen LogP contribution >= 0.6 is 11.3 Å². The first-order valence-corrected chi connectivity index (χ1v) is 7.75. The van der Waals surface area contributed by atoms with E-state index in [0.717, 1.165) is 18.5 Å². The van der Waals surface area contributed by atoms with Crippen molar-refractivity contribution in [3.8, 4) is 0 Å². The number of rotatable bonds is 4. The summed E-state index contributed by atoms with van der Waals surface area (Å²) in [5.41, 5.74) is 0.269. The quantitative estimate of drug-likeness (QED) is 0.846. The van der Waals surface area contributed by atoms with Gasteiger partial charge in [0.25, 0.3) is 0 Å². The van der Waals surface area contributed by atoms with Gasteiger partial charge < -0.3 is 5.32 Å². The predicted molar refractivity (Wildman–Crippen MR) is 76.8 cm³/mol. The van der Waals surface area contributed by atoms with Crippen molar-refractivity contribution in [1.29, 1.82) is 0 Å². The van der Waals surface area contributed by atoms with Crippen LogP contribution < -0.4 is 5.32 Å². The molecule has 1 nitrogen and oxygen atoms in total. The lowest BCUT2D eigenvalue weighted by Crippen LogP contribution is -2.43. The van der Waals surface area contributed by atoms with Crippen molar-refractivity contribution >= 4 is 11.3 Å². The largest absolute Gasteiger partial charge is 0.313 e. The zero-order valence-electron chi connectivity index (χ0n) is 11.3. The van der Waals surface area contributed by atoms with Crippen LogP contribution in [-0.4, -0.2) is 12.6 Å². The average molecular weight is 251 g/mol. The van der Waals surface area contributed by atoms with Crippen LogP contribution in [0.25, 0.3) is 0 Å². The maximum atomic E-state index is 3.81. The Kier molecular flexibility index (Phi) is 4.26. The van der Waals surface area contributed by atoms with Gasteiger partial charge in [-0.3, -0.25) is 0 Å². The molecule has 1 aromatic heterocycles. The van der Waals surface area contributed by atoms with Gasteiger partial charge in [-0.1, -0.05) is 39.7 Å². The minimum Gasteiger partial charge on any atom is -0.313 e. The third-order valence-corrected chi connectivity index (χ3v) is 5.34. The molecule has 1 N–H and O–H groups in total. The smallest absolute Gasteiger partial charge is 0.0115 e. The molecular formula is C15H25NS. The summed E-state index contributed by atoms with van der Waals surface area (Å²) in [4.78, 5) is 1.49. The van der Waals surface area contributed by atoms with Gasteiger partial charge in [0, 0.05) is 22.9 Å². The molecule has 17 heavy (non-hydrogen) atoms. The van der Waals surface area contributed by atoms with Gasteiger partial charge in [0.05, 0.1) is 0 Å². The topological polar surface area (TPSA) is 12.0 Å². The molecule has 2 atom stereocenters. The van der Waals surface area contributed by atoms with E-state index in [1.54, 1.807) is 0 Å². The summed E-state index contributed by atoms with van der Waals surface area (Å²) in [5.74, 6) is 0.850. The van der Waals surface area contributed by atoms with Crippen molar-refractivity contribution in [1.82, 2.24) is 5.32 Å². The van der Waals surface area contributed by atoms with E-state index in [4.69, 9.17) is 0 Å². The molecule has 0 aliphatic heterocycles. The molecule has 1 fully saturated rings. The fourth-order valence-electron chi connectivity index (χ4n) is 2.76. The van der Waals surface area contributed by atoms with Gasteiger partial charge in [-0.15, -0.1) is 11.3 Å². The van der Waals surface area contributed by atoms with Crippen LogP contribution in [0.1, 0.15) is 51.3 Å². The zero-order chi connectivity index (χ0) is 12.3. The zero-order valence-corrected chi connectivity index (χ0v) is 12.1. The van der Waals surface area contributed by atoms with Crippen molar-refractivity contribution < 1.29 is 0 Å². The van der Waals surface area contributed by atoms with Crippen LogP contribution in [0.5, 0.6) is 0 Å². The molecule has 2 rings (SSSR count). The summed E-state index contributed by atoms with van der Waals surface area (Å²) in [5, 5.41) is 5.99. The van der Waals surface area contributed by atoms with E-state index in [2.05, 4.69) is 43.6 Å². The SMILES string of the molecule is CC1CCCCC1NCC(C)(C)c1cccs1. The average Bonchev–Trinajstić information content (AvgIpc) is 2.82. The summed E-state index contributed by atoms with van der Waals surface area (Å²) < 4.78 is 0. The van der Waals surface area contributed by atoms with Gasteiger partial charge in [0.15, 0.2) is 0 Å². The van der Waals surface area contributed by atoms with E-state index < -0.39 is 0 Å². The highest BCUT2D eigenvalue weighted by molar-refractivity contribution is 7.10. The highest BCUT2D eigenvalue weighted by atomic mass is 32.1. The molecule has 0 saturated heterocycles. The van der Waals surface area contributed by atoms with Crippen molar-refractivity contribution in [3.05, 3.63) is 22.4 Å². The first-order valence-electron chi connectivity index (χ1n) is 6.87. The van der Waals surface area contributed by atoms with E-state index in [1.807, 2.05) is 11.3 Å². The van der Waals surface area contributed by atoms with Gasteiger partial charge in [-0.25, -0.2) is 0 Å². The van der Waals surface area contributed by atoms with Crippen molar-refractivity contribution in [2.75, 3.05) is 6.54 Å². The monoisotopic (exact) mass is 251 g/mol. The maximum Gasteiger partial charge on any atom is 0.0115 e. The molecular weight excluding hydrogens is 226 g/mol. The first kappa shape index (κ1) is 13.1. The Hall–Kier alpha value is -0.340. The van der Waals surface area contributed by atoms with Crippen molar-refractivity contribution in [2.45, 2.75) is 57.9 Å². The molecule has 2 heteroatoms. The Morgan fingerprint density at radius 3 is 2.76 bits per heavy atom. The van der Waals surface area contributed by atoms with Crippen LogP contribution in [0.15, 0.2) is 17.5 Å². The van der Waals surface area contributed by atoms with E-state index in [1.165, 1.54) is 30.6 Å². The molecule has 1 heterocycles. The van der Waals surface area contributed by atoms with Gasteiger partial charge >= 0.3 is 0 Å². The summed E-state index contributed by atoms with van der Waals surface area (Å²) in [6.45, 7) is 8.19. The maximum absolute atomic E-state index is 3.81. The first-order chi connectivity index (χ1) is 8.09. The van der Waals surface area contributed by atoms with Crippen LogP contribution in [-0.2, 0) is 5.41 Å². The molecule has 1 aliphatic carbocycles. The summed E-state index contributed by atoms with van der Waals surface area (Å²) >= 11 is 1.88. The second kappa shape index (κ2) is 5.53. The Labute approximate surface area is 110 Å². The Morgan fingerprint density at radius 2 is 2.12 bits per heavy atom. The lowest BCUT2D eigenvalue weighted by molar-refractivity contribution is 0.266. The second-order valence-corrected chi connectivity index (χ2v) is 7.06. The fraction of sp³-hybridized carbons (Fsp3) is 0.733. The van der Waals surface area contributed by atoms with Crippen LogP contribution in [0.2, 0.25) is 0 Å². The molecule has 0 amide bonds. The van der Waals surface area contributed by atoms with Crippen molar-refractivity contribution in [3.63, 3.8) is 0 Å². The minimum absolute atomic E-state index is 0.269. The lowest BCUT2D eigenvalue weighted by Gasteiger charge is -2.33. The summed E-state index contributed by atoms with van der Waals surface area (Å²) in [6, 6.07) is 5.16. The number of thiophene rings is 1. The van der Waals surface area contributed by atoms with Gasteiger partial charge in [-0.2, -0.15) is 0 Å². The number of hydrogen-bond donors (Lipinski definition) is 1. The van der Waals surface area contributed by atoms with Crippen molar-refractivity contribution in [2.24, 2.45) is 5.92 Å². The molecule has 1 aromatic rings. The lowest BCUT2D eigenvalue weighted by atomic mass is 9.84. The summed E-state index contributed by atoms with van der Waals surface area (Å²) in [7, 11) is 0. The van der Waals surface area contributed by atoms with E-state index >= 15 is 0 Å². The fourth-order valence-corrected chi connectivity index (χ4v) is 3.61. The highest BCUT2D eigenvalue weighted by Gasteiger charge is 2.26. The third kappa shape index (κ3) is 3.32.